The molecule has 5 rings (SSSR count). The molecule has 0 amide bonds. The van der Waals surface area contributed by atoms with Gasteiger partial charge in [0.2, 0.25) is 5.88 Å². The normalized spacial score (nSPS) is 18.6. The largest absolute Gasteiger partial charge is 0.492 e. The van der Waals surface area contributed by atoms with Crippen LogP contribution in [0.4, 0.5) is 10.1 Å². The molecule has 2 aliphatic heterocycles. The third kappa shape index (κ3) is 4.19. The van der Waals surface area contributed by atoms with E-state index in [2.05, 4.69) is 19.9 Å². The lowest BCUT2D eigenvalue weighted by atomic mass is 9.98. The third-order valence-corrected chi connectivity index (χ3v) is 7.02. The maximum Gasteiger partial charge on any atom is 0.354 e. The fourth-order valence-corrected chi connectivity index (χ4v) is 5.15. The molecule has 0 bridgehead atoms. The van der Waals surface area contributed by atoms with Crippen LogP contribution in [0.2, 0.25) is 0 Å². The van der Waals surface area contributed by atoms with Crippen molar-refractivity contribution >= 4 is 22.7 Å². The van der Waals surface area contributed by atoms with Crippen molar-refractivity contribution in [3.63, 3.8) is 0 Å². The summed E-state index contributed by atoms with van der Waals surface area (Å²) in [5, 5.41) is 25.0. The first-order chi connectivity index (χ1) is 16.4. The summed E-state index contributed by atoms with van der Waals surface area (Å²) in [5.74, 6) is -1.80. The van der Waals surface area contributed by atoms with Crippen LogP contribution in [0.25, 0.3) is 16.7 Å². The van der Waals surface area contributed by atoms with Gasteiger partial charge in [-0.2, -0.15) is 0 Å². The molecule has 0 unspecified atom stereocenters. The third-order valence-electron chi connectivity index (χ3n) is 7.02. The number of piperidine rings is 2. The summed E-state index contributed by atoms with van der Waals surface area (Å²) in [5.41, 5.74) is 1.17. The number of ether oxygens (including phenoxy) is 1. The Hall–Kier alpha value is -3.24. The van der Waals surface area contributed by atoms with Gasteiger partial charge < -0.3 is 24.7 Å². The van der Waals surface area contributed by atoms with E-state index < -0.39 is 11.8 Å². The van der Waals surface area contributed by atoms with Crippen LogP contribution in [-0.4, -0.2) is 81.3 Å². The number of aromatic carboxylic acids is 1. The van der Waals surface area contributed by atoms with E-state index in [1.165, 1.54) is 35.0 Å². The van der Waals surface area contributed by atoms with Crippen LogP contribution < -0.4 is 4.90 Å². The Bertz CT molecular complexity index is 1180. The molecule has 0 atom stereocenters. The van der Waals surface area contributed by atoms with E-state index in [1.807, 2.05) is 0 Å². The number of fused-ring (bicyclic) bond motifs is 1. The highest BCUT2D eigenvalue weighted by Crippen LogP contribution is 2.36. The maximum absolute atomic E-state index is 13.4. The molecule has 2 aromatic heterocycles. The Kier molecular flexibility index (Phi) is 6.09. The van der Waals surface area contributed by atoms with Gasteiger partial charge in [-0.15, -0.1) is 5.10 Å². The smallest absolute Gasteiger partial charge is 0.354 e. The summed E-state index contributed by atoms with van der Waals surface area (Å²) in [6, 6.07) is 7.55. The molecule has 9 nitrogen and oxygen atoms in total. The predicted molar refractivity (Wildman–Crippen MR) is 124 cm³/mol. The maximum atomic E-state index is 13.4. The molecule has 3 aromatic rings. The number of carboxylic acid groups (broad SMARTS) is 1. The molecule has 10 heteroatoms. The fraction of sp³-hybridized carbons (Fsp3) is 0.458. The highest BCUT2D eigenvalue weighted by atomic mass is 19.1. The molecule has 2 N–H and O–H groups in total. The monoisotopic (exact) mass is 469 g/mol. The average molecular weight is 470 g/mol. The zero-order valence-electron chi connectivity index (χ0n) is 19.0. The molecule has 2 saturated heterocycles. The van der Waals surface area contributed by atoms with Gasteiger partial charge in [-0.1, -0.05) is 0 Å². The van der Waals surface area contributed by atoms with Gasteiger partial charge >= 0.3 is 5.97 Å². The van der Waals surface area contributed by atoms with Crippen molar-refractivity contribution in [2.75, 3.05) is 38.2 Å². The molecule has 2 fully saturated rings. The highest BCUT2D eigenvalue weighted by Gasteiger charge is 2.30. The fourth-order valence-electron chi connectivity index (χ4n) is 5.15. The van der Waals surface area contributed by atoms with Crippen LogP contribution in [-0.2, 0) is 4.74 Å². The molecular formula is C24H28FN5O4. The van der Waals surface area contributed by atoms with E-state index in [0.29, 0.717) is 28.9 Å². The summed E-state index contributed by atoms with van der Waals surface area (Å²) in [6.45, 7) is 3.51. The number of rotatable bonds is 5. The lowest BCUT2D eigenvalue weighted by Gasteiger charge is -2.42. The molecule has 34 heavy (non-hydrogen) atoms. The summed E-state index contributed by atoms with van der Waals surface area (Å²) in [4.78, 5) is 20.7. The Morgan fingerprint density at radius 1 is 1.09 bits per heavy atom. The second-order valence-corrected chi connectivity index (χ2v) is 8.93. The summed E-state index contributed by atoms with van der Waals surface area (Å²) in [6.07, 6.45) is 4.31. The van der Waals surface area contributed by atoms with Crippen molar-refractivity contribution in [3.8, 4) is 11.6 Å². The summed E-state index contributed by atoms with van der Waals surface area (Å²) >= 11 is 0. The number of aromatic nitrogens is 3. The van der Waals surface area contributed by atoms with Crippen LogP contribution >= 0.6 is 0 Å². The molecule has 1 aromatic carbocycles. The first-order valence-electron chi connectivity index (χ1n) is 11.6. The van der Waals surface area contributed by atoms with Gasteiger partial charge in [0.25, 0.3) is 0 Å². The summed E-state index contributed by atoms with van der Waals surface area (Å²) < 4.78 is 20.3. The average Bonchev–Trinajstić information content (AvgIpc) is 3.20. The minimum atomic E-state index is -1.16. The van der Waals surface area contributed by atoms with Crippen molar-refractivity contribution < 1.29 is 24.1 Å². The van der Waals surface area contributed by atoms with Crippen LogP contribution in [0.5, 0.6) is 5.88 Å². The number of aromatic hydroxyl groups is 1. The molecule has 0 aliphatic carbocycles. The van der Waals surface area contributed by atoms with E-state index in [-0.39, 0.29) is 17.2 Å². The molecular weight excluding hydrogens is 441 g/mol. The van der Waals surface area contributed by atoms with E-state index in [4.69, 9.17) is 4.74 Å². The molecule has 2 aliphatic rings. The van der Waals surface area contributed by atoms with Gasteiger partial charge in [-0.25, -0.2) is 18.9 Å². The van der Waals surface area contributed by atoms with Crippen molar-refractivity contribution in [2.24, 2.45) is 0 Å². The zero-order valence-corrected chi connectivity index (χ0v) is 19.0. The van der Waals surface area contributed by atoms with E-state index in [1.54, 1.807) is 7.11 Å². The lowest BCUT2D eigenvalue weighted by Crippen LogP contribution is -2.48. The van der Waals surface area contributed by atoms with Crippen molar-refractivity contribution in [3.05, 3.63) is 41.8 Å². The second kappa shape index (κ2) is 9.19. The number of methoxy groups -OCH3 is 1. The Labute approximate surface area is 196 Å². The van der Waals surface area contributed by atoms with Crippen LogP contribution in [0.3, 0.4) is 0 Å². The quantitative estimate of drug-likeness (QED) is 0.588. The number of likely N-dealkylation sites (tertiary alicyclic amines) is 1. The van der Waals surface area contributed by atoms with Gasteiger partial charge in [-0.3, -0.25) is 0 Å². The van der Waals surface area contributed by atoms with E-state index in [0.717, 1.165) is 51.9 Å². The molecule has 180 valence electrons. The Morgan fingerprint density at radius 3 is 2.38 bits per heavy atom. The summed E-state index contributed by atoms with van der Waals surface area (Å²) in [7, 11) is 1.77. The van der Waals surface area contributed by atoms with Crippen LogP contribution in [0, 0.1) is 5.82 Å². The number of hydrogen-bond acceptors (Lipinski definition) is 7. The first-order valence-corrected chi connectivity index (χ1v) is 11.6. The Balaban J connectivity index is 1.44. The number of anilines is 1. The highest BCUT2D eigenvalue weighted by molar-refractivity contribution is 5.99. The topological polar surface area (TPSA) is 104 Å². The number of halogens is 1. The number of benzene rings is 1. The van der Waals surface area contributed by atoms with Crippen molar-refractivity contribution in [1.82, 2.24) is 19.7 Å². The zero-order chi connectivity index (χ0) is 23.8. The predicted octanol–water partition coefficient (Wildman–Crippen LogP) is 3.04. The van der Waals surface area contributed by atoms with Crippen molar-refractivity contribution in [2.45, 2.75) is 37.8 Å². The SMILES string of the molecule is COC1CCN(C2CCN(c3cc(C(=O)O)nc4c3c(O)nn4-c3ccc(F)cc3)CC2)CC1. The number of carboxylic acids is 1. The first kappa shape index (κ1) is 22.5. The minimum Gasteiger partial charge on any atom is -0.492 e. The lowest BCUT2D eigenvalue weighted by molar-refractivity contribution is 0.0233. The molecule has 4 heterocycles. The van der Waals surface area contributed by atoms with Gasteiger partial charge in [0.1, 0.15) is 11.2 Å². The van der Waals surface area contributed by atoms with Gasteiger partial charge in [0.15, 0.2) is 11.3 Å². The van der Waals surface area contributed by atoms with Gasteiger partial charge in [-0.05, 0) is 56.0 Å². The van der Waals surface area contributed by atoms with Crippen LogP contribution in [0.15, 0.2) is 30.3 Å². The minimum absolute atomic E-state index is 0.130. The Morgan fingerprint density at radius 2 is 1.76 bits per heavy atom. The number of nitrogens with zero attached hydrogens (tertiary/aromatic N) is 5. The van der Waals surface area contributed by atoms with Crippen LogP contribution in [0.1, 0.15) is 36.2 Å². The molecule has 0 spiro atoms. The number of hydrogen-bond donors (Lipinski definition) is 2. The molecule has 0 radical (unpaired) electrons. The standard InChI is InChI=1S/C24H28FN5O4/c1-34-18-8-12-28(13-9-18)16-6-10-29(11-7-16)20-14-19(24(32)33)26-22-21(20)23(31)27-30(22)17-4-2-15(25)3-5-17/h2-5,14,16,18H,6-13H2,1H3,(H,27,31)(H,32,33). The number of pyridine rings is 1. The van der Waals surface area contributed by atoms with E-state index in [9.17, 15) is 19.4 Å². The van der Waals surface area contributed by atoms with Gasteiger partial charge in [0, 0.05) is 39.3 Å². The van der Waals surface area contributed by atoms with Crippen molar-refractivity contribution in [1.29, 1.82) is 0 Å². The molecule has 0 saturated carbocycles. The van der Waals surface area contributed by atoms with E-state index >= 15 is 0 Å². The number of carbonyl (C=O) groups is 1. The second-order valence-electron chi connectivity index (χ2n) is 8.93. The van der Waals surface area contributed by atoms with Gasteiger partial charge in [0.05, 0.1) is 17.5 Å².